The first-order valence-corrected chi connectivity index (χ1v) is 9.06. The van der Waals surface area contributed by atoms with Crippen LogP contribution in [0.15, 0.2) is 17.4 Å². The van der Waals surface area contributed by atoms with E-state index >= 15 is 0 Å². The number of piperidine rings is 1. The van der Waals surface area contributed by atoms with Crippen LogP contribution in [0.3, 0.4) is 0 Å². The molecule has 25 heavy (non-hydrogen) atoms. The number of ether oxygens (including phenoxy) is 1. The zero-order valence-corrected chi connectivity index (χ0v) is 15.6. The number of amidine groups is 1. The summed E-state index contributed by atoms with van der Waals surface area (Å²) < 4.78 is 5.60. The van der Waals surface area contributed by atoms with E-state index in [-0.39, 0.29) is 17.2 Å². The van der Waals surface area contributed by atoms with Gasteiger partial charge < -0.3 is 15.4 Å². The van der Waals surface area contributed by atoms with Crippen molar-refractivity contribution in [2.75, 3.05) is 19.7 Å². The van der Waals surface area contributed by atoms with Crippen LogP contribution in [-0.4, -0.2) is 46.4 Å². The second kappa shape index (κ2) is 9.56. The molecule has 0 radical (unpaired) electrons. The molecule has 1 saturated heterocycles. The van der Waals surface area contributed by atoms with E-state index in [0.29, 0.717) is 24.1 Å². The molecular weight excluding hydrogens is 342 g/mol. The maximum Gasteiger partial charge on any atom is 0.345 e. The molecule has 0 bridgehead atoms. The van der Waals surface area contributed by atoms with E-state index in [0.717, 1.165) is 38.8 Å². The van der Waals surface area contributed by atoms with Gasteiger partial charge in [-0.1, -0.05) is 13.8 Å². The van der Waals surface area contributed by atoms with Crippen molar-refractivity contribution in [3.8, 4) is 5.75 Å². The molecule has 0 saturated carbocycles. The monoisotopic (exact) mass is 367 g/mol. The molecule has 2 amide bonds. The summed E-state index contributed by atoms with van der Waals surface area (Å²) >= 11 is 5.63. The summed E-state index contributed by atoms with van der Waals surface area (Å²) in [6.07, 6.45) is 7.17. The topological polar surface area (TPSA) is 93.7 Å². The number of aromatic nitrogens is 2. The molecule has 0 aromatic carbocycles. The quantitative estimate of drug-likeness (QED) is 0.361. The third kappa shape index (κ3) is 6.49. The van der Waals surface area contributed by atoms with Crippen LogP contribution in [0.4, 0.5) is 4.79 Å². The molecule has 0 aliphatic carbocycles. The van der Waals surface area contributed by atoms with Crippen LogP contribution in [0.25, 0.3) is 0 Å². The molecule has 1 aromatic heterocycles. The molecule has 0 unspecified atom stereocenters. The fourth-order valence-electron chi connectivity index (χ4n) is 2.66. The lowest BCUT2D eigenvalue weighted by molar-refractivity contribution is 0.172. The number of carbonyl (C=O) groups is 1. The third-order valence-electron chi connectivity index (χ3n) is 4.32. The highest BCUT2D eigenvalue weighted by atomic mass is 35.5. The van der Waals surface area contributed by atoms with Gasteiger partial charge in [-0.2, -0.15) is 4.99 Å². The molecule has 2 N–H and O–H groups in total. The van der Waals surface area contributed by atoms with Crippen molar-refractivity contribution in [2.24, 2.45) is 22.6 Å². The minimum Gasteiger partial charge on any atom is -0.490 e. The molecule has 2 rings (SSSR count). The van der Waals surface area contributed by atoms with Crippen LogP contribution in [0.2, 0.25) is 5.28 Å². The number of nitrogens with zero attached hydrogens (tertiary/aromatic N) is 4. The van der Waals surface area contributed by atoms with Crippen molar-refractivity contribution in [2.45, 2.75) is 39.5 Å². The average Bonchev–Trinajstić information content (AvgIpc) is 2.60. The molecule has 1 aliphatic heterocycles. The summed E-state index contributed by atoms with van der Waals surface area (Å²) in [4.78, 5) is 25.6. The Balaban J connectivity index is 1.64. The van der Waals surface area contributed by atoms with E-state index in [1.807, 2.05) is 13.8 Å². The minimum atomic E-state index is -0.212. The number of carbonyl (C=O) groups excluding carboxylic acids is 1. The number of rotatable bonds is 6. The van der Waals surface area contributed by atoms with Gasteiger partial charge in [0.25, 0.3) is 0 Å². The zero-order valence-electron chi connectivity index (χ0n) is 14.8. The largest absolute Gasteiger partial charge is 0.490 e. The van der Waals surface area contributed by atoms with E-state index in [9.17, 15) is 4.79 Å². The van der Waals surface area contributed by atoms with E-state index in [1.54, 1.807) is 17.3 Å². The van der Waals surface area contributed by atoms with E-state index in [1.165, 1.54) is 0 Å². The summed E-state index contributed by atoms with van der Waals surface area (Å²) in [7, 11) is 0. The SMILES string of the molecule is CC(C)C(N)=NC(=O)N1CCC(CCCOc2cnc(Cl)nc2)CC1. The predicted octanol–water partition coefficient (Wildman–Crippen LogP) is 3.13. The van der Waals surface area contributed by atoms with Crippen molar-refractivity contribution < 1.29 is 9.53 Å². The first kappa shape index (κ1) is 19.4. The Labute approximate surface area is 153 Å². The van der Waals surface area contributed by atoms with Crippen LogP contribution < -0.4 is 10.5 Å². The molecule has 0 spiro atoms. The number of amides is 2. The first-order chi connectivity index (χ1) is 12.0. The van der Waals surface area contributed by atoms with Gasteiger partial charge in [-0.25, -0.2) is 14.8 Å². The van der Waals surface area contributed by atoms with Crippen LogP contribution in [0.1, 0.15) is 39.5 Å². The third-order valence-corrected chi connectivity index (χ3v) is 4.52. The van der Waals surface area contributed by atoms with Crippen LogP contribution in [0.5, 0.6) is 5.75 Å². The Morgan fingerprint density at radius 3 is 2.64 bits per heavy atom. The van der Waals surface area contributed by atoms with Gasteiger partial charge in [0.05, 0.1) is 19.0 Å². The zero-order chi connectivity index (χ0) is 18.2. The normalized spacial score (nSPS) is 16.3. The van der Waals surface area contributed by atoms with Crippen molar-refractivity contribution in [3.05, 3.63) is 17.7 Å². The van der Waals surface area contributed by atoms with Crippen LogP contribution in [-0.2, 0) is 0 Å². The molecule has 138 valence electrons. The summed E-state index contributed by atoms with van der Waals surface area (Å²) in [6, 6.07) is -0.212. The highest BCUT2D eigenvalue weighted by Crippen LogP contribution is 2.22. The number of halogens is 1. The summed E-state index contributed by atoms with van der Waals surface area (Å²) in [6.45, 7) is 5.96. The highest BCUT2D eigenvalue weighted by molar-refractivity contribution is 6.28. The molecule has 2 heterocycles. The number of aliphatic imine (C=N–C) groups is 1. The summed E-state index contributed by atoms with van der Waals surface area (Å²) in [5.74, 6) is 1.73. The molecule has 1 aromatic rings. The maximum atomic E-state index is 12.1. The molecule has 8 heteroatoms. The smallest absolute Gasteiger partial charge is 0.345 e. The fourth-order valence-corrected chi connectivity index (χ4v) is 2.76. The summed E-state index contributed by atoms with van der Waals surface area (Å²) in [5, 5.41) is 0.216. The standard InChI is InChI=1S/C17H26ClN5O2/c1-12(2)15(19)22-17(24)23-7-5-13(6-8-23)4-3-9-25-14-10-20-16(18)21-11-14/h10-13H,3-9H2,1-2H3,(H2,19,22,24). The predicted molar refractivity (Wildman–Crippen MR) is 97.9 cm³/mol. The lowest BCUT2D eigenvalue weighted by atomic mass is 9.92. The van der Waals surface area contributed by atoms with Gasteiger partial charge in [0, 0.05) is 19.0 Å². The van der Waals surface area contributed by atoms with Gasteiger partial charge in [0.1, 0.15) is 5.84 Å². The Morgan fingerprint density at radius 1 is 1.40 bits per heavy atom. The van der Waals surface area contributed by atoms with Gasteiger partial charge in [0.2, 0.25) is 5.28 Å². The fraction of sp³-hybridized carbons (Fsp3) is 0.647. The average molecular weight is 368 g/mol. The van der Waals surface area contributed by atoms with Crippen molar-refractivity contribution in [1.82, 2.24) is 14.9 Å². The lowest BCUT2D eigenvalue weighted by Gasteiger charge is -2.30. The van der Waals surface area contributed by atoms with Gasteiger partial charge in [-0.15, -0.1) is 0 Å². The van der Waals surface area contributed by atoms with Crippen molar-refractivity contribution >= 4 is 23.5 Å². The maximum absolute atomic E-state index is 12.1. The Bertz CT molecular complexity index is 583. The number of nitrogens with two attached hydrogens (primary N) is 1. The lowest BCUT2D eigenvalue weighted by Crippen LogP contribution is -2.38. The van der Waals surface area contributed by atoms with Crippen LogP contribution in [0, 0.1) is 11.8 Å². The van der Waals surface area contributed by atoms with Crippen molar-refractivity contribution in [3.63, 3.8) is 0 Å². The molecule has 7 nitrogen and oxygen atoms in total. The molecule has 1 aliphatic rings. The molecular formula is C17H26ClN5O2. The van der Waals surface area contributed by atoms with Gasteiger partial charge in [-0.3, -0.25) is 0 Å². The van der Waals surface area contributed by atoms with Gasteiger partial charge in [0.15, 0.2) is 5.75 Å². The van der Waals surface area contributed by atoms with Gasteiger partial charge in [-0.05, 0) is 43.2 Å². The Morgan fingerprint density at radius 2 is 2.04 bits per heavy atom. The van der Waals surface area contributed by atoms with E-state index in [2.05, 4.69) is 15.0 Å². The van der Waals surface area contributed by atoms with Crippen LogP contribution >= 0.6 is 11.6 Å². The number of urea groups is 1. The van der Waals surface area contributed by atoms with Gasteiger partial charge >= 0.3 is 6.03 Å². The highest BCUT2D eigenvalue weighted by Gasteiger charge is 2.22. The molecule has 1 fully saturated rings. The first-order valence-electron chi connectivity index (χ1n) is 8.69. The second-order valence-corrected chi connectivity index (χ2v) is 6.92. The Hall–Kier alpha value is -1.89. The number of hydrogen-bond donors (Lipinski definition) is 1. The minimum absolute atomic E-state index is 0.0903. The molecule has 0 atom stereocenters. The second-order valence-electron chi connectivity index (χ2n) is 6.58. The van der Waals surface area contributed by atoms with Crippen molar-refractivity contribution in [1.29, 1.82) is 0 Å². The van der Waals surface area contributed by atoms with E-state index in [4.69, 9.17) is 22.1 Å². The number of hydrogen-bond acceptors (Lipinski definition) is 4. The van der Waals surface area contributed by atoms with E-state index < -0.39 is 0 Å². The summed E-state index contributed by atoms with van der Waals surface area (Å²) in [5.41, 5.74) is 5.76. The Kier molecular flexibility index (Phi) is 7.43. The number of likely N-dealkylation sites (tertiary alicyclic amines) is 1.